The lowest BCUT2D eigenvalue weighted by Crippen LogP contribution is -2.56. The van der Waals surface area contributed by atoms with Crippen molar-refractivity contribution >= 4 is 41.4 Å². The molecule has 9 nitrogen and oxygen atoms in total. The number of amides is 2. The van der Waals surface area contributed by atoms with Crippen LogP contribution >= 0.6 is 23.2 Å². The van der Waals surface area contributed by atoms with Crippen molar-refractivity contribution < 1.29 is 23.8 Å². The van der Waals surface area contributed by atoms with Crippen molar-refractivity contribution in [2.24, 2.45) is 4.99 Å². The van der Waals surface area contributed by atoms with Crippen LogP contribution in [0.5, 0.6) is 11.5 Å². The van der Waals surface area contributed by atoms with Gasteiger partial charge in [-0.3, -0.25) is 9.89 Å². The van der Waals surface area contributed by atoms with Gasteiger partial charge in [0.15, 0.2) is 0 Å². The molecular weight excluding hydrogens is 591 g/mol. The maximum atomic E-state index is 14.6. The summed E-state index contributed by atoms with van der Waals surface area (Å²) < 4.78 is 16.8. The Morgan fingerprint density at radius 1 is 1.00 bits per heavy atom. The summed E-state index contributed by atoms with van der Waals surface area (Å²) in [6.07, 6.45) is 1.19. The van der Waals surface area contributed by atoms with E-state index in [9.17, 15) is 9.59 Å². The number of piperazine rings is 1. The van der Waals surface area contributed by atoms with Crippen LogP contribution in [0, 0.1) is 0 Å². The lowest BCUT2D eigenvalue weighted by atomic mass is 9.93. The fourth-order valence-electron chi connectivity index (χ4n) is 5.45. The van der Waals surface area contributed by atoms with Gasteiger partial charge in [-0.1, -0.05) is 47.5 Å². The smallest absolute Gasteiger partial charge is 0.326 e. The summed E-state index contributed by atoms with van der Waals surface area (Å²) in [6, 6.07) is 19.1. The Morgan fingerprint density at radius 2 is 1.70 bits per heavy atom. The van der Waals surface area contributed by atoms with Crippen LogP contribution < -0.4 is 14.8 Å². The molecule has 3 unspecified atom stereocenters. The molecule has 3 aromatic carbocycles. The van der Waals surface area contributed by atoms with Crippen LogP contribution in [-0.4, -0.2) is 81.1 Å². The quantitative estimate of drug-likeness (QED) is 0.235. The number of hydrogen-bond donors (Lipinski definition) is 1. The minimum atomic E-state index is -0.505. The summed E-state index contributed by atoms with van der Waals surface area (Å²) in [5, 5.41) is 4.53. The molecule has 0 bridgehead atoms. The molecule has 1 saturated heterocycles. The first-order chi connectivity index (χ1) is 20.9. The van der Waals surface area contributed by atoms with E-state index < -0.39 is 12.1 Å². The maximum absolute atomic E-state index is 14.6. The molecule has 0 radical (unpaired) electrons. The number of carbonyl (C=O) groups excluding carboxylic acids is 2. The van der Waals surface area contributed by atoms with Crippen LogP contribution in [0.2, 0.25) is 10.0 Å². The molecule has 5 rings (SSSR count). The van der Waals surface area contributed by atoms with Gasteiger partial charge in [-0.05, 0) is 47.5 Å². The predicted octanol–water partition coefficient (Wildman–Crippen LogP) is 5.55. The van der Waals surface area contributed by atoms with E-state index in [4.69, 9.17) is 42.4 Å². The summed E-state index contributed by atoms with van der Waals surface area (Å²) in [4.78, 5) is 34.7. The zero-order valence-corrected chi connectivity index (χ0v) is 25.6. The second-order valence-electron chi connectivity index (χ2n) is 10.3. The number of urea groups is 1. The highest BCUT2D eigenvalue weighted by Gasteiger charge is 2.45. The van der Waals surface area contributed by atoms with Crippen molar-refractivity contribution in [2.45, 2.75) is 24.5 Å². The van der Waals surface area contributed by atoms with Gasteiger partial charge >= 0.3 is 6.03 Å². The van der Waals surface area contributed by atoms with Gasteiger partial charge in [0, 0.05) is 55.3 Å². The number of methoxy groups -OCH3 is 2. The summed E-state index contributed by atoms with van der Waals surface area (Å²) in [5.41, 5.74) is 2.40. The second-order valence-corrected chi connectivity index (χ2v) is 11.2. The molecule has 3 aromatic rings. The van der Waals surface area contributed by atoms with E-state index in [1.807, 2.05) is 60.7 Å². The first kappa shape index (κ1) is 30.8. The Balaban J connectivity index is 1.66. The van der Waals surface area contributed by atoms with Gasteiger partial charge in [0.05, 0.1) is 25.3 Å². The minimum absolute atomic E-state index is 0.131. The molecule has 11 heteroatoms. The number of nitrogens with zero attached hydrogens (tertiary/aromatic N) is 3. The average Bonchev–Trinajstić information content (AvgIpc) is 3.42. The number of hydrogen-bond acceptors (Lipinski definition) is 7. The third kappa shape index (κ3) is 6.96. The minimum Gasteiger partial charge on any atom is -0.497 e. The highest BCUT2D eigenvalue weighted by molar-refractivity contribution is 6.30. The highest BCUT2D eigenvalue weighted by Crippen LogP contribution is 2.45. The Labute approximate surface area is 261 Å². The van der Waals surface area contributed by atoms with Crippen LogP contribution in [0.3, 0.4) is 0 Å². The standard InChI is InChI=1S/C32H34Cl2N4O5/c1-41-17-18-43-28-19-26(42-2)11-12-27(28)31-36-29(21-3-7-23(33)8-4-21)30(22-5-9-24(34)10-6-22)38(31)32(40)37-15-14-35-25(20-37)13-16-39/h3-12,16,19,25,29-30,35H,13-15,17-18,20H2,1-2H3. The molecule has 3 atom stereocenters. The third-order valence-electron chi connectivity index (χ3n) is 7.58. The third-order valence-corrected chi connectivity index (χ3v) is 8.08. The molecule has 1 N–H and O–H groups in total. The Bertz CT molecular complexity index is 1450. The van der Waals surface area contributed by atoms with Crippen molar-refractivity contribution in [2.75, 3.05) is 47.1 Å². The van der Waals surface area contributed by atoms with E-state index in [0.717, 1.165) is 17.4 Å². The highest BCUT2D eigenvalue weighted by atomic mass is 35.5. The van der Waals surface area contributed by atoms with E-state index in [0.29, 0.717) is 72.2 Å². The maximum Gasteiger partial charge on any atom is 0.326 e. The Hall–Kier alpha value is -3.63. The van der Waals surface area contributed by atoms with Gasteiger partial charge in [-0.25, -0.2) is 4.79 Å². The number of ether oxygens (including phenoxy) is 3. The molecule has 43 heavy (non-hydrogen) atoms. The first-order valence-electron chi connectivity index (χ1n) is 14.1. The Morgan fingerprint density at radius 3 is 2.35 bits per heavy atom. The topological polar surface area (TPSA) is 92.7 Å². The Kier molecular flexibility index (Phi) is 10.2. The summed E-state index contributed by atoms with van der Waals surface area (Å²) >= 11 is 12.5. The molecule has 2 aliphatic heterocycles. The van der Waals surface area contributed by atoms with Crippen molar-refractivity contribution in [1.29, 1.82) is 0 Å². The van der Waals surface area contributed by atoms with Crippen molar-refractivity contribution in [3.63, 3.8) is 0 Å². The van der Waals surface area contributed by atoms with Gasteiger partial charge in [0.25, 0.3) is 0 Å². The average molecular weight is 626 g/mol. The van der Waals surface area contributed by atoms with Crippen LogP contribution in [0.1, 0.15) is 35.2 Å². The van der Waals surface area contributed by atoms with Crippen molar-refractivity contribution in [3.8, 4) is 11.5 Å². The number of aliphatic imine (C=N–C) groups is 1. The first-order valence-corrected chi connectivity index (χ1v) is 14.8. The zero-order valence-electron chi connectivity index (χ0n) is 24.0. The molecular formula is C32H34Cl2N4O5. The van der Waals surface area contributed by atoms with Crippen LogP contribution in [0.25, 0.3) is 0 Å². The number of amidine groups is 1. The van der Waals surface area contributed by atoms with Crippen LogP contribution in [0.15, 0.2) is 71.7 Å². The summed E-state index contributed by atoms with van der Waals surface area (Å²) in [6.45, 7) is 2.12. The molecule has 1 fully saturated rings. The van der Waals surface area contributed by atoms with Crippen molar-refractivity contribution in [1.82, 2.24) is 15.1 Å². The SMILES string of the molecule is COCCOc1cc(OC)ccc1C1=NC(c2ccc(Cl)cc2)C(c2ccc(Cl)cc2)N1C(=O)N1CCNC(CC=O)C1. The fourth-order valence-corrected chi connectivity index (χ4v) is 5.70. The van der Waals surface area contributed by atoms with E-state index in [-0.39, 0.29) is 12.1 Å². The van der Waals surface area contributed by atoms with Crippen molar-refractivity contribution in [3.05, 3.63) is 93.5 Å². The van der Waals surface area contributed by atoms with Gasteiger partial charge in [-0.15, -0.1) is 0 Å². The molecule has 2 amide bonds. The predicted molar refractivity (Wildman–Crippen MR) is 167 cm³/mol. The lowest BCUT2D eigenvalue weighted by molar-refractivity contribution is -0.108. The van der Waals surface area contributed by atoms with E-state index in [2.05, 4.69) is 5.32 Å². The number of nitrogens with one attached hydrogen (secondary N) is 1. The van der Waals surface area contributed by atoms with Gasteiger partial charge in [0.2, 0.25) is 0 Å². The molecule has 0 aromatic heterocycles. The summed E-state index contributed by atoms with van der Waals surface area (Å²) in [7, 11) is 3.19. The van der Waals surface area contributed by atoms with E-state index in [1.54, 1.807) is 30.1 Å². The number of rotatable bonds is 10. The number of carbonyl (C=O) groups is 2. The van der Waals surface area contributed by atoms with Gasteiger partial charge in [0.1, 0.15) is 36.3 Å². The van der Waals surface area contributed by atoms with Crippen LogP contribution in [-0.2, 0) is 9.53 Å². The largest absolute Gasteiger partial charge is 0.497 e. The zero-order chi connectivity index (χ0) is 30.3. The van der Waals surface area contributed by atoms with Gasteiger partial charge < -0.3 is 29.2 Å². The van der Waals surface area contributed by atoms with E-state index in [1.165, 1.54) is 0 Å². The molecule has 0 aliphatic carbocycles. The summed E-state index contributed by atoms with van der Waals surface area (Å²) in [5.74, 6) is 1.58. The van der Waals surface area contributed by atoms with Crippen LogP contribution in [0.4, 0.5) is 4.79 Å². The molecule has 2 heterocycles. The monoisotopic (exact) mass is 624 g/mol. The molecule has 226 valence electrons. The number of aldehydes is 1. The lowest BCUT2D eigenvalue weighted by Gasteiger charge is -2.38. The van der Waals surface area contributed by atoms with E-state index >= 15 is 0 Å². The fraction of sp³-hybridized carbons (Fsp3) is 0.344. The van der Waals surface area contributed by atoms with Gasteiger partial charge in [-0.2, -0.15) is 0 Å². The normalized spacial score (nSPS) is 20.1. The molecule has 0 saturated carbocycles. The number of halogens is 2. The molecule has 0 spiro atoms. The second kappa shape index (κ2) is 14.2. The molecule has 2 aliphatic rings. The number of benzene rings is 3.